The molecule has 0 unspecified atom stereocenters. The average molecular weight is 451 g/mol. The molecule has 3 aromatic rings. The van der Waals surface area contributed by atoms with Crippen LogP contribution < -0.4 is 15.5 Å². The number of carbonyl (C=O) groups excluding carboxylic acids is 1. The zero-order valence-corrected chi connectivity index (χ0v) is 19.7. The van der Waals surface area contributed by atoms with Crippen LogP contribution >= 0.6 is 23.6 Å². The Labute approximate surface area is 192 Å². The number of pyridine rings is 1. The summed E-state index contributed by atoms with van der Waals surface area (Å²) in [5.41, 5.74) is 5.02. The number of thiophene rings is 1. The largest absolute Gasteiger partial charge is 0.351 e. The van der Waals surface area contributed by atoms with Gasteiger partial charge in [0.1, 0.15) is 0 Å². The third kappa shape index (κ3) is 4.20. The van der Waals surface area contributed by atoms with Crippen LogP contribution in [0.15, 0.2) is 54.0 Å². The van der Waals surface area contributed by atoms with Gasteiger partial charge < -0.3 is 15.5 Å². The summed E-state index contributed by atoms with van der Waals surface area (Å²) in [6.45, 7) is 7.92. The molecule has 1 aliphatic rings. The minimum absolute atomic E-state index is 0.00194. The molecular formula is C24H26N4OS2. The number of anilines is 2. The predicted octanol–water partition coefficient (Wildman–Crippen LogP) is 5.53. The molecule has 1 aliphatic heterocycles. The lowest BCUT2D eigenvalue weighted by Gasteiger charge is -2.28. The van der Waals surface area contributed by atoms with E-state index >= 15 is 0 Å². The third-order valence-corrected chi connectivity index (χ3v) is 6.94. The molecule has 0 aliphatic carbocycles. The second-order valence-corrected chi connectivity index (χ2v) is 9.44. The van der Waals surface area contributed by atoms with Gasteiger partial charge in [-0.25, -0.2) is 0 Å². The molecule has 4 rings (SSSR count). The Kier molecular flexibility index (Phi) is 6.07. The van der Waals surface area contributed by atoms with Crippen molar-refractivity contribution in [1.29, 1.82) is 0 Å². The van der Waals surface area contributed by atoms with E-state index in [0.717, 1.165) is 22.6 Å². The van der Waals surface area contributed by atoms with E-state index in [0.29, 0.717) is 5.11 Å². The molecule has 1 saturated heterocycles. The Balaban J connectivity index is 1.74. The number of aromatic nitrogens is 1. The highest BCUT2D eigenvalue weighted by molar-refractivity contribution is 7.80. The van der Waals surface area contributed by atoms with Crippen molar-refractivity contribution in [1.82, 2.24) is 10.3 Å². The first kappa shape index (κ1) is 21.5. The molecule has 1 fully saturated rings. The number of amides is 1. The molecule has 0 radical (unpaired) electrons. The standard InChI is InChI=1S/C24H26N4OS2/c1-14(2)23(29)26-18-9-8-17(13-16(18)4)28-21(22-15(3)10-12-31-22)20(27-24(28)30)19-7-5-6-11-25-19/h5-14,20-21H,1-4H3,(H,26,29)(H,27,30)/t20-,21-/m0/s1. The second-order valence-electron chi connectivity index (χ2n) is 8.11. The number of nitrogens with one attached hydrogen (secondary N) is 2. The van der Waals surface area contributed by atoms with Gasteiger partial charge in [0.05, 0.1) is 17.8 Å². The Bertz CT molecular complexity index is 1110. The SMILES string of the molecule is Cc1cc(N2C(=S)N[C@@H](c3ccccn3)[C@H]2c2sccc2C)ccc1NC(=O)C(C)C. The van der Waals surface area contributed by atoms with Gasteiger partial charge in [-0.15, -0.1) is 11.3 Å². The molecule has 0 bridgehead atoms. The van der Waals surface area contributed by atoms with E-state index in [9.17, 15) is 4.79 Å². The first-order valence-electron chi connectivity index (χ1n) is 10.3. The molecule has 0 saturated carbocycles. The van der Waals surface area contributed by atoms with Gasteiger partial charge in [0.25, 0.3) is 0 Å². The maximum atomic E-state index is 12.1. The van der Waals surface area contributed by atoms with Crippen molar-refractivity contribution in [3.8, 4) is 0 Å². The van der Waals surface area contributed by atoms with Gasteiger partial charge in [0, 0.05) is 28.4 Å². The molecule has 2 atom stereocenters. The Morgan fingerprint density at radius 2 is 2.00 bits per heavy atom. The maximum absolute atomic E-state index is 12.1. The number of thiocarbonyl (C=S) groups is 1. The van der Waals surface area contributed by atoms with Gasteiger partial charge >= 0.3 is 0 Å². The van der Waals surface area contributed by atoms with Crippen LogP contribution in [0.2, 0.25) is 0 Å². The highest BCUT2D eigenvalue weighted by atomic mass is 32.1. The number of benzene rings is 1. The van der Waals surface area contributed by atoms with Crippen LogP contribution in [-0.4, -0.2) is 16.0 Å². The van der Waals surface area contributed by atoms with E-state index in [1.54, 1.807) is 11.3 Å². The molecular weight excluding hydrogens is 424 g/mol. The fourth-order valence-corrected chi connectivity index (χ4v) is 5.20. The molecule has 1 amide bonds. The first-order valence-corrected chi connectivity index (χ1v) is 11.6. The summed E-state index contributed by atoms with van der Waals surface area (Å²) < 4.78 is 0. The smallest absolute Gasteiger partial charge is 0.226 e. The van der Waals surface area contributed by atoms with Crippen molar-refractivity contribution in [2.75, 3.05) is 10.2 Å². The van der Waals surface area contributed by atoms with Gasteiger partial charge in [-0.2, -0.15) is 0 Å². The summed E-state index contributed by atoms with van der Waals surface area (Å²) in [4.78, 5) is 20.2. The van der Waals surface area contributed by atoms with Crippen molar-refractivity contribution in [3.63, 3.8) is 0 Å². The van der Waals surface area contributed by atoms with Crippen molar-refractivity contribution in [2.45, 2.75) is 39.8 Å². The number of hydrogen-bond donors (Lipinski definition) is 2. The van der Waals surface area contributed by atoms with E-state index in [2.05, 4.69) is 45.0 Å². The monoisotopic (exact) mass is 450 g/mol. The summed E-state index contributed by atoms with van der Waals surface area (Å²) >= 11 is 7.53. The Morgan fingerprint density at radius 1 is 1.19 bits per heavy atom. The van der Waals surface area contributed by atoms with Crippen LogP contribution in [0.25, 0.3) is 0 Å². The molecule has 1 aromatic carbocycles. The summed E-state index contributed by atoms with van der Waals surface area (Å²) in [6.07, 6.45) is 1.82. The lowest BCUT2D eigenvalue weighted by molar-refractivity contribution is -0.118. The van der Waals surface area contributed by atoms with Crippen molar-refractivity contribution >= 4 is 45.9 Å². The van der Waals surface area contributed by atoms with E-state index in [4.69, 9.17) is 12.2 Å². The molecule has 7 heteroatoms. The first-order chi connectivity index (χ1) is 14.9. The quantitative estimate of drug-likeness (QED) is 0.501. The average Bonchev–Trinajstić information content (AvgIpc) is 3.32. The summed E-state index contributed by atoms with van der Waals surface area (Å²) in [5, 5.41) is 9.30. The van der Waals surface area contributed by atoms with E-state index in [1.165, 1.54) is 10.4 Å². The molecule has 5 nitrogen and oxygen atoms in total. The van der Waals surface area contributed by atoms with Crippen LogP contribution in [-0.2, 0) is 4.79 Å². The Morgan fingerprint density at radius 3 is 2.61 bits per heavy atom. The van der Waals surface area contributed by atoms with Crippen molar-refractivity contribution in [3.05, 3.63) is 75.7 Å². The second kappa shape index (κ2) is 8.77. The number of hydrogen-bond acceptors (Lipinski definition) is 4. The number of nitrogens with zero attached hydrogens (tertiary/aromatic N) is 2. The zero-order valence-electron chi connectivity index (χ0n) is 18.0. The van der Waals surface area contributed by atoms with Crippen molar-refractivity contribution in [2.24, 2.45) is 5.92 Å². The highest BCUT2D eigenvalue weighted by Gasteiger charge is 2.42. The van der Waals surface area contributed by atoms with E-state index < -0.39 is 0 Å². The number of rotatable bonds is 5. The summed E-state index contributed by atoms with van der Waals surface area (Å²) in [7, 11) is 0. The van der Waals surface area contributed by atoms with Gasteiger partial charge in [-0.1, -0.05) is 19.9 Å². The lowest BCUT2D eigenvalue weighted by Crippen LogP contribution is -2.29. The van der Waals surface area contributed by atoms with Gasteiger partial charge in [0.2, 0.25) is 5.91 Å². The fraction of sp³-hybridized carbons (Fsp3) is 0.292. The van der Waals surface area contributed by atoms with Crippen LogP contribution in [0.5, 0.6) is 0 Å². The van der Waals surface area contributed by atoms with E-state index in [1.807, 2.05) is 57.3 Å². The minimum atomic E-state index is -0.0697. The summed E-state index contributed by atoms with van der Waals surface area (Å²) in [5.74, 6) is -0.0590. The summed E-state index contributed by atoms with van der Waals surface area (Å²) in [6, 6.07) is 14.1. The van der Waals surface area contributed by atoms with Crippen LogP contribution in [0.4, 0.5) is 11.4 Å². The van der Waals surface area contributed by atoms with Crippen LogP contribution in [0.3, 0.4) is 0 Å². The fourth-order valence-electron chi connectivity index (χ4n) is 3.80. The zero-order chi connectivity index (χ0) is 22.1. The molecule has 31 heavy (non-hydrogen) atoms. The van der Waals surface area contributed by atoms with Gasteiger partial charge in [0.15, 0.2) is 5.11 Å². The lowest BCUT2D eigenvalue weighted by atomic mass is 10.00. The number of carbonyl (C=O) groups is 1. The topological polar surface area (TPSA) is 57.3 Å². The van der Waals surface area contributed by atoms with Gasteiger partial charge in [-0.05, 0) is 79.0 Å². The maximum Gasteiger partial charge on any atom is 0.226 e. The Hall–Kier alpha value is -2.77. The molecule has 160 valence electrons. The molecule has 3 heterocycles. The van der Waals surface area contributed by atoms with E-state index in [-0.39, 0.29) is 23.9 Å². The minimum Gasteiger partial charge on any atom is -0.351 e. The predicted molar refractivity (Wildman–Crippen MR) is 132 cm³/mol. The normalized spacial score (nSPS) is 18.4. The van der Waals surface area contributed by atoms with Crippen LogP contribution in [0, 0.1) is 19.8 Å². The van der Waals surface area contributed by atoms with Gasteiger partial charge in [-0.3, -0.25) is 9.78 Å². The van der Waals surface area contributed by atoms with Crippen LogP contribution in [0.1, 0.15) is 47.6 Å². The highest BCUT2D eigenvalue weighted by Crippen LogP contribution is 2.44. The molecule has 2 aromatic heterocycles. The molecule has 0 spiro atoms. The third-order valence-electron chi connectivity index (χ3n) is 5.54. The molecule has 2 N–H and O–H groups in total. The number of aryl methyl sites for hydroxylation is 2. The van der Waals surface area contributed by atoms with Crippen molar-refractivity contribution < 1.29 is 4.79 Å².